The van der Waals surface area contributed by atoms with Gasteiger partial charge in [-0.3, -0.25) is 19.0 Å². The Morgan fingerprint density at radius 1 is 1.33 bits per heavy atom. The molecule has 3 atom stereocenters. The molecule has 0 aromatic carbocycles. The maximum absolute atomic E-state index is 14.6. The summed E-state index contributed by atoms with van der Waals surface area (Å²) in [7, 11) is 1.73. The van der Waals surface area contributed by atoms with E-state index in [1.54, 1.807) is 28.8 Å². The van der Waals surface area contributed by atoms with Gasteiger partial charge in [0.1, 0.15) is 11.9 Å². The molecule has 4 heterocycles. The number of hydrogen-bond donors (Lipinski definition) is 1. The summed E-state index contributed by atoms with van der Waals surface area (Å²) < 4.78 is 23.2. The number of carbonyl (C=O) groups excluding carboxylic acids is 2. The monoisotopic (exact) mass is 418 g/mol. The van der Waals surface area contributed by atoms with E-state index in [9.17, 15) is 14.0 Å². The highest BCUT2D eigenvalue weighted by Crippen LogP contribution is 2.24. The van der Waals surface area contributed by atoms with E-state index < -0.39 is 18.1 Å². The normalized spacial score (nSPS) is 23.8. The van der Waals surface area contributed by atoms with Crippen molar-refractivity contribution in [2.24, 2.45) is 13.0 Å². The fraction of sp³-hybridized carbons (Fsp3) is 0.600. The topological polar surface area (TPSA) is 94.3 Å². The molecule has 4 rings (SSSR count). The molecule has 162 valence electrons. The van der Waals surface area contributed by atoms with E-state index in [-0.39, 0.29) is 24.9 Å². The number of nitrogens with one attached hydrogen (secondary N) is 1. The number of amides is 2. The van der Waals surface area contributed by atoms with Gasteiger partial charge < -0.3 is 15.0 Å². The van der Waals surface area contributed by atoms with Crippen molar-refractivity contribution in [2.45, 2.75) is 38.5 Å². The van der Waals surface area contributed by atoms with Gasteiger partial charge in [-0.15, -0.1) is 0 Å². The lowest BCUT2D eigenvalue weighted by atomic mass is 10.0. The average Bonchev–Trinajstić information content (AvgIpc) is 3.49. The SMILES string of the molecule is CCn1cc(-c2nn(C)cc2C(=O)N[C@@H]2CN(C(=O)C[C@H]3CCOC3)C[C@@H]2F)cn1. The van der Waals surface area contributed by atoms with Gasteiger partial charge in [0.15, 0.2) is 0 Å². The number of aryl methyl sites for hydroxylation is 2. The number of nitrogens with zero attached hydrogens (tertiary/aromatic N) is 5. The first-order chi connectivity index (χ1) is 14.4. The molecule has 0 spiro atoms. The lowest BCUT2D eigenvalue weighted by molar-refractivity contribution is -0.131. The number of rotatable bonds is 6. The van der Waals surface area contributed by atoms with Gasteiger partial charge in [-0.05, 0) is 19.3 Å². The van der Waals surface area contributed by atoms with E-state index >= 15 is 0 Å². The van der Waals surface area contributed by atoms with Crippen LogP contribution in [-0.2, 0) is 23.1 Å². The molecule has 0 bridgehead atoms. The molecule has 2 aromatic heterocycles. The Morgan fingerprint density at radius 2 is 2.17 bits per heavy atom. The largest absolute Gasteiger partial charge is 0.381 e. The van der Waals surface area contributed by atoms with Crippen molar-refractivity contribution < 1.29 is 18.7 Å². The highest BCUT2D eigenvalue weighted by molar-refractivity contribution is 6.00. The van der Waals surface area contributed by atoms with Crippen molar-refractivity contribution >= 4 is 11.8 Å². The fourth-order valence-electron chi connectivity index (χ4n) is 4.00. The number of aromatic nitrogens is 4. The molecular weight excluding hydrogens is 391 g/mol. The predicted molar refractivity (Wildman–Crippen MR) is 106 cm³/mol. The number of ether oxygens (including phenoxy) is 1. The van der Waals surface area contributed by atoms with Gasteiger partial charge >= 0.3 is 0 Å². The van der Waals surface area contributed by atoms with Crippen molar-refractivity contribution in [1.82, 2.24) is 29.8 Å². The number of carbonyl (C=O) groups is 2. The minimum atomic E-state index is -1.30. The summed E-state index contributed by atoms with van der Waals surface area (Å²) in [6, 6.07) is -0.743. The van der Waals surface area contributed by atoms with E-state index in [0.717, 1.165) is 12.0 Å². The van der Waals surface area contributed by atoms with E-state index in [4.69, 9.17) is 4.74 Å². The molecule has 2 saturated heterocycles. The van der Waals surface area contributed by atoms with Crippen LogP contribution < -0.4 is 5.32 Å². The maximum atomic E-state index is 14.6. The van der Waals surface area contributed by atoms with Crippen LogP contribution in [0.25, 0.3) is 11.3 Å². The van der Waals surface area contributed by atoms with Crippen molar-refractivity contribution in [3.63, 3.8) is 0 Å². The lowest BCUT2D eigenvalue weighted by Crippen LogP contribution is -2.42. The molecule has 2 amide bonds. The summed E-state index contributed by atoms with van der Waals surface area (Å²) in [6.07, 6.45) is 5.00. The lowest BCUT2D eigenvalue weighted by Gasteiger charge is -2.18. The highest BCUT2D eigenvalue weighted by Gasteiger charge is 2.37. The summed E-state index contributed by atoms with van der Waals surface area (Å²) in [5.74, 6) is -0.293. The third-order valence-corrected chi connectivity index (χ3v) is 5.71. The minimum Gasteiger partial charge on any atom is -0.381 e. The van der Waals surface area contributed by atoms with Crippen LogP contribution >= 0.6 is 0 Å². The van der Waals surface area contributed by atoms with Crippen LogP contribution in [0, 0.1) is 5.92 Å². The van der Waals surface area contributed by atoms with Gasteiger partial charge in [0.05, 0.1) is 24.3 Å². The third-order valence-electron chi connectivity index (χ3n) is 5.71. The average molecular weight is 418 g/mol. The first kappa shape index (κ1) is 20.5. The summed E-state index contributed by atoms with van der Waals surface area (Å²) in [4.78, 5) is 26.9. The molecule has 2 aliphatic heterocycles. The second kappa shape index (κ2) is 8.55. The van der Waals surface area contributed by atoms with Gasteiger partial charge in [0, 0.05) is 57.7 Å². The number of hydrogen-bond acceptors (Lipinski definition) is 5. The Bertz CT molecular complexity index is 920. The molecule has 0 unspecified atom stereocenters. The molecular formula is C20H27FN6O3. The fourth-order valence-corrected chi connectivity index (χ4v) is 4.00. The minimum absolute atomic E-state index is 0.000520. The molecule has 1 N–H and O–H groups in total. The zero-order valence-corrected chi connectivity index (χ0v) is 17.3. The summed E-state index contributed by atoms with van der Waals surface area (Å²) in [5, 5.41) is 11.4. The number of halogens is 1. The van der Waals surface area contributed by atoms with E-state index in [1.165, 1.54) is 4.90 Å². The van der Waals surface area contributed by atoms with Gasteiger partial charge in [-0.2, -0.15) is 10.2 Å². The van der Waals surface area contributed by atoms with E-state index in [1.807, 2.05) is 13.1 Å². The Balaban J connectivity index is 1.42. The third kappa shape index (κ3) is 4.23. The molecule has 2 aliphatic rings. The van der Waals surface area contributed by atoms with E-state index in [2.05, 4.69) is 15.5 Å². The Hall–Kier alpha value is -2.75. The molecule has 10 heteroatoms. The molecule has 2 aromatic rings. The summed E-state index contributed by atoms with van der Waals surface area (Å²) in [5.41, 5.74) is 1.58. The zero-order chi connectivity index (χ0) is 21.3. The smallest absolute Gasteiger partial charge is 0.255 e. The van der Waals surface area contributed by atoms with Crippen LogP contribution in [-0.4, -0.2) is 74.8 Å². The maximum Gasteiger partial charge on any atom is 0.255 e. The highest BCUT2D eigenvalue weighted by atomic mass is 19.1. The standard InChI is InChI=1S/C20H27FN6O3/c1-3-27-8-14(7-22-27)19-15(9-25(2)24-19)20(29)23-17-11-26(10-16(17)21)18(28)6-13-4-5-30-12-13/h7-9,13,16-17H,3-6,10-12H2,1-2H3,(H,23,29)/t13-,16+,17-/m1/s1. The van der Waals surface area contributed by atoms with Crippen molar-refractivity contribution in [3.8, 4) is 11.3 Å². The van der Waals surface area contributed by atoms with Crippen molar-refractivity contribution in [3.05, 3.63) is 24.2 Å². The van der Waals surface area contributed by atoms with Gasteiger partial charge in [-0.1, -0.05) is 0 Å². The Labute approximate surface area is 174 Å². The Kier molecular flexibility index (Phi) is 5.85. The number of likely N-dealkylation sites (tertiary alicyclic amines) is 1. The van der Waals surface area contributed by atoms with Gasteiger partial charge in [-0.25, -0.2) is 4.39 Å². The van der Waals surface area contributed by atoms with Crippen LogP contribution in [0.1, 0.15) is 30.1 Å². The van der Waals surface area contributed by atoms with Gasteiger partial charge in [0.2, 0.25) is 5.91 Å². The first-order valence-corrected chi connectivity index (χ1v) is 10.3. The molecule has 9 nitrogen and oxygen atoms in total. The molecule has 0 aliphatic carbocycles. The second-order valence-corrected chi connectivity index (χ2v) is 7.98. The van der Waals surface area contributed by atoms with Crippen LogP contribution in [0.2, 0.25) is 0 Å². The molecule has 30 heavy (non-hydrogen) atoms. The van der Waals surface area contributed by atoms with Crippen LogP contribution in [0.5, 0.6) is 0 Å². The van der Waals surface area contributed by atoms with Gasteiger partial charge in [0.25, 0.3) is 5.91 Å². The summed E-state index contributed by atoms with van der Waals surface area (Å²) >= 11 is 0. The second-order valence-electron chi connectivity index (χ2n) is 7.98. The number of alkyl halides is 1. The van der Waals surface area contributed by atoms with E-state index in [0.29, 0.717) is 37.4 Å². The van der Waals surface area contributed by atoms with Crippen LogP contribution in [0.3, 0.4) is 0 Å². The van der Waals surface area contributed by atoms with Crippen molar-refractivity contribution in [1.29, 1.82) is 0 Å². The first-order valence-electron chi connectivity index (χ1n) is 10.3. The van der Waals surface area contributed by atoms with Crippen molar-refractivity contribution in [2.75, 3.05) is 26.3 Å². The summed E-state index contributed by atoms with van der Waals surface area (Å²) in [6.45, 7) is 4.10. The molecule has 0 radical (unpaired) electrons. The van der Waals surface area contributed by atoms with Crippen LogP contribution in [0.4, 0.5) is 4.39 Å². The molecule has 0 saturated carbocycles. The quantitative estimate of drug-likeness (QED) is 0.756. The Morgan fingerprint density at radius 3 is 2.87 bits per heavy atom. The predicted octanol–water partition coefficient (Wildman–Crippen LogP) is 1.01. The molecule has 2 fully saturated rings. The zero-order valence-electron chi connectivity index (χ0n) is 17.3. The van der Waals surface area contributed by atoms with Crippen LogP contribution in [0.15, 0.2) is 18.6 Å².